The van der Waals surface area contributed by atoms with Crippen molar-refractivity contribution < 1.29 is 19.2 Å². The van der Waals surface area contributed by atoms with Gasteiger partial charge in [-0.15, -0.1) is 0 Å². The van der Waals surface area contributed by atoms with Crippen LogP contribution in [0, 0.1) is 24.0 Å². The molecule has 1 saturated heterocycles. The van der Waals surface area contributed by atoms with Crippen LogP contribution in [0.15, 0.2) is 48.7 Å². The van der Waals surface area contributed by atoms with Crippen LogP contribution in [0.2, 0.25) is 0 Å². The standard InChI is InChI=1S/C25H27N5O5S/c1-15-13-18(16(2)29(15)20-14-17(30(32)33)8-9-21(20)34-3)24-23(19-7-5-6-11-26-19)27-25(36)28(24)12-10-22(31)35-4/h5-9,11,13-14,23-24H,10,12H2,1-4H3,(H,27,36)/t23-,24+/m1/s1. The second kappa shape index (κ2) is 10.3. The van der Waals surface area contributed by atoms with E-state index in [1.165, 1.54) is 26.4 Å². The van der Waals surface area contributed by atoms with Gasteiger partial charge < -0.3 is 24.3 Å². The average molecular weight is 510 g/mol. The highest BCUT2D eigenvalue weighted by Gasteiger charge is 2.41. The minimum atomic E-state index is -0.428. The number of ether oxygens (including phenoxy) is 2. The number of nitro groups is 1. The number of nitro benzene ring substituents is 1. The number of esters is 1. The number of rotatable bonds is 8. The van der Waals surface area contributed by atoms with Crippen LogP contribution in [0.3, 0.4) is 0 Å². The molecule has 1 aliphatic rings. The summed E-state index contributed by atoms with van der Waals surface area (Å²) in [6.07, 6.45) is 1.90. The van der Waals surface area contributed by atoms with Crippen LogP contribution >= 0.6 is 12.2 Å². The van der Waals surface area contributed by atoms with E-state index < -0.39 is 4.92 Å². The monoisotopic (exact) mass is 509 g/mol. The molecule has 0 aliphatic carbocycles. The van der Waals surface area contributed by atoms with E-state index in [1.54, 1.807) is 12.3 Å². The highest BCUT2D eigenvalue weighted by Crippen LogP contribution is 2.42. The predicted octanol–water partition coefficient (Wildman–Crippen LogP) is 3.94. The third-order valence-electron chi connectivity index (χ3n) is 6.39. The Labute approximate surface area is 214 Å². The number of hydrogen-bond donors (Lipinski definition) is 1. The van der Waals surface area contributed by atoms with Gasteiger partial charge in [0.15, 0.2) is 5.11 Å². The van der Waals surface area contributed by atoms with Crippen LogP contribution in [-0.4, -0.2) is 51.2 Å². The maximum atomic E-state index is 11.9. The maximum Gasteiger partial charge on any atom is 0.307 e. The van der Waals surface area contributed by atoms with Gasteiger partial charge in [-0.3, -0.25) is 19.9 Å². The molecule has 0 unspecified atom stereocenters. The predicted molar refractivity (Wildman–Crippen MR) is 137 cm³/mol. The van der Waals surface area contributed by atoms with Crippen LogP contribution in [0.5, 0.6) is 5.75 Å². The molecule has 3 heterocycles. The Morgan fingerprint density at radius 2 is 2.00 bits per heavy atom. The Balaban J connectivity index is 1.85. The molecular weight excluding hydrogens is 482 g/mol. The Bertz CT molecular complexity index is 1310. The van der Waals surface area contributed by atoms with Gasteiger partial charge in [0, 0.05) is 36.3 Å². The fourth-order valence-electron chi connectivity index (χ4n) is 4.72. The first-order valence-electron chi connectivity index (χ1n) is 11.3. The Morgan fingerprint density at radius 3 is 2.64 bits per heavy atom. The lowest BCUT2D eigenvalue weighted by molar-refractivity contribution is -0.384. The molecule has 0 radical (unpaired) electrons. The van der Waals surface area contributed by atoms with Crippen LogP contribution in [0.25, 0.3) is 5.69 Å². The van der Waals surface area contributed by atoms with Gasteiger partial charge in [-0.25, -0.2) is 0 Å². The number of nitrogens with one attached hydrogen (secondary N) is 1. The molecule has 0 bridgehead atoms. The molecule has 0 spiro atoms. The molecular formula is C25H27N5O5S. The van der Waals surface area contributed by atoms with Crippen molar-refractivity contribution in [2.24, 2.45) is 0 Å². The van der Waals surface area contributed by atoms with Gasteiger partial charge >= 0.3 is 5.97 Å². The normalized spacial score (nSPS) is 17.1. The van der Waals surface area contributed by atoms with E-state index in [2.05, 4.69) is 10.3 Å². The van der Waals surface area contributed by atoms with E-state index >= 15 is 0 Å². The van der Waals surface area contributed by atoms with Gasteiger partial charge in [-0.1, -0.05) is 6.07 Å². The molecule has 1 N–H and O–H groups in total. The summed E-state index contributed by atoms with van der Waals surface area (Å²) in [5.74, 6) is 0.183. The number of aryl methyl sites for hydroxylation is 1. The smallest absolute Gasteiger partial charge is 0.307 e. The van der Waals surface area contributed by atoms with E-state index in [1.807, 2.05) is 47.6 Å². The molecule has 2 aromatic heterocycles. The lowest BCUT2D eigenvalue weighted by atomic mass is 9.96. The van der Waals surface area contributed by atoms with Gasteiger partial charge in [0.25, 0.3) is 5.69 Å². The molecule has 1 fully saturated rings. The zero-order valence-corrected chi connectivity index (χ0v) is 21.2. The molecule has 10 nitrogen and oxygen atoms in total. The maximum absolute atomic E-state index is 11.9. The molecule has 188 valence electrons. The largest absolute Gasteiger partial charge is 0.495 e. The van der Waals surface area contributed by atoms with E-state index in [0.717, 1.165) is 22.6 Å². The number of carbonyl (C=O) groups is 1. The molecule has 2 atom stereocenters. The van der Waals surface area contributed by atoms with Crippen LogP contribution in [-0.2, 0) is 9.53 Å². The lowest BCUT2D eigenvalue weighted by Crippen LogP contribution is -2.32. The van der Waals surface area contributed by atoms with Gasteiger partial charge in [0.2, 0.25) is 0 Å². The Kier molecular flexibility index (Phi) is 7.20. The highest BCUT2D eigenvalue weighted by molar-refractivity contribution is 7.80. The number of nitrogens with zero attached hydrogens (tertiary/aromatic N) is 4. The molecule has 3 aromatic rings. The number of carbonyl (C=O) groups excluding carboxylic acids is 1. The summed E-state index contributed by atoms with van der Waals surface area (Å²) in [4.78, 5) is 29.5. The summed E-state index contributed by atoms with van der Waals surface area (Å²) in [6, 6.07) is 11.7. The van der Waals surface area contributed by atoms with Crippen molar-refractivity contribution in [3.05, 3.63) is 81.4 Å². The molecule has 0 saturated carbocycles. The molecule has 1 aromatic carbocycles. The number of hydrogen-bond acceptors (Lipinski definition) is 7. The van der Waals surface area contributed by atoms with Crippen molar-refractivity contribution >= 4 is 29.0 Å². The van der Waals surface area contributed by atoms with Gasteiger partial charge in [0.1, 0.15) is 5.75 Å². The zero-order valence-electron chi connectivity index (χ0n) is 20.4. The summed E-state index contributed by atoms with van der Waals surface area (Å²) < 4.78 is 12.3. The average Bonchev–Trinajstić information content (AvgIpc) is 3.36. The minimum Gasteiger partial charge on any atom is -0.495 e. The Morgan fingerprint density at radius 1 is 1.22 bits per heavy atom. The van der Waals surface area contributed by atoms with E-state index in [0.29, 0.717) is 23.1 Å². The lowest BCUT2D eigenvalue weighted by Gasteiger charge is -2.28. The third kappa shape index (κ3) is 4.61. The number of pyridine rings is 1. The summed E-state index contributed by atoms with van der Waals surface area (Å²) in [6.45, 7) is 4.25. The third-order valence-corrected chi connectivity index (χ3v) is 6.74. The molecule has 11 heteroatoms. The summed E-state index contributed by atoms with van der Waals surface area (Å²) in [7, 11) is 2.89. The van der Waals surface area contributed by atoms with Gasteiger partial charge in [-0.2, -0.15) is 0 Å². The first-order chi connectivity index (χ1) is 17.3. The molecule has 4 rings (SSSR count). The second-order valence-electron chi connectivity index (χ2n) is 8.42. The molecule has 0 amide bonds. The van der Waals surface area contributed by atoms with Crippen LogP contribution in [0.1, 0.15) is 41.1 Å². The quantitative estimate of drug-likeness (QED) is 0.209. The van der Waals surface area contributed by atoms with Gasteiger partial charge in [0.05, 0.1) is 49.0 Å². The second-order valence-corrected chi connectivity index (χ2v) is 8.81. The fourth-order valence-corrected chi connectivity index (χ4v) is 5.05. The number of non-ortho nitro benzene ring substituents is 1. The summed E-state index contributed by atoms with van der Waals surface area (Å²) in [5, 5.41) is 15.4. The van der Waals surface area contributed by atoms with E-state index in [9.17, 15) is 14.9 Å². The molecule has 36 heavy (non-hydrogen) atoms. The van der Waals surface area contributed by atoms with Crippen molar-refractivity contribution in [1.82, 2.24) is 19.8 Å². The number of thiocarbonyl (C=S) groups is 1. The van der Waals surface area contributed by atoms with Crippen molar-refractivity contribution in [1.29, 1.82) is 0 Å². The summed E-state index contributed by atoms with van der Waals surface area (Å²) >= 11 is 5.68. The highest BCUT2D eigenvalue weighted by atomic mass is 32.1. The van der Waals surface area contributed by atoms with E-state index in [4.69, 9.17) is 21.7 Å². The first kappa shape index (κ1) is 25.1. The Hall–Kier alpha value is -3.99. The van der Waals surface area contributed by atoms with Crippen molar-refractivity contribution in [3.8, 4) is 11.4 Å². The van der Waals surface area contributed by atoms with Crippen LogP contribution < -0.4 is 10.1 Å². The SMILES string of the molecule is COC(=O)CCN1C(=S)N[C@H](c2ccccn2)[C@@H]1c1cc(C)n(-c2cc([N+](=O)[O-])ccc2OC)c1C. The number of aromatic nitrogens is 2. The van der Waals surface area contributed by atoms with Crippen LogP contribution in [0.4, 0.5) is 5.69 Å². The van der Waals surface area contributed by atoms with Crippen molar-refractivity contribution in [2.45, 2.75) is 32.4 Å². The fraction of sp³-hybridized carbons (Fsp3) is 0.320. The van der Waals surface area contributed by atoms with Crippen molar-refractivity contribution in [2.75, 3.05) is 20.8 Å². The number of benzene rings is 1. The van der Waals surface area contributed by atoms with Gasteiger partial charge in [-0.05, 0) is 55.9 Å². The molecule has 1 aliphatic heterocycles. The zero-order chi connectivity index (χ0) is 26.0. The van der Waals surface area contributed by atoms with Crippen molar-refractivity contribution in [3.63, 3.8) is 0 Å². The minimum absolute atomic E-state index is 0.0328. The summed E-state index contributed by atoms with van der Waals surface area (Å²) in [5.41, 5.74) is 4.03. The first-order valence-corrected chi connectivity index (χ1v) is 11.7. The van der Waals surface area contributed by atoms with E-state index in [-0.39, 0.29) is 30.2 Å². The number of methoxy groups -OCH3 is 2. The topological polar surface area (TPSA) is 112 Å².